The summed E-state index contributed by atoms with van der Waals surface area (Å²) in [7, 11) is 0. The van der Waals surface area contributed by atoms with Crippen molar-refractivity contribution in [3.05, 3.63) is 60.2 Å². The first kappa shape index (κ1) is 15.1. The Morgan fingerprint density at radius 3 is 1.95 bits per heavy atom. The molecule has 1 amide bonds. The molecule has 0 fully saturated rings. The molecule has 1 atom stereocenters. The molecule has 0 heterocycles. The van der Waals surface area contributed by atoms with Crippen molar-refractivity contribution in [3.63, 3.8) is 0 Å². The van der Waals surface area contributed by atoms with Gasteiger partial charge in [0.05, 0.1) is 0 Å². The van der Waals surface area contributed by atoms with E-state index in [1.165, 1.54) is 12.1 Å². The molecule has 2 aromatic carbocycles. The quantitative estimate of drug-likeness (QED) is 0.907. The Kier molecular flexibility index (Phi) is 4.31. The highest BCUT2D eigenvalue weighted by molar-refractivity contribution is 5.73. The van der Waals surface area contributed by atoms with Gasteiger partial charge in [-0.3, -0.25) is 4.79 Å². The summed E-state index contributed by atoms with van der Waals surface area (Å²) in [5.41, 5.74) is 1.76. The van der Waals surface area contributed by atoms with E-state index in [0.29, 0.717) is 0 Å². The second-order valence-electron chi connectivity index (χ2n) is 4.66. The van der Waals surface area contributed by atoms with Crippen LogP contribution >= 0.6 is 0 Å². The molecule has 0 aliphatic heterocycles. The van der Waals surface area contributed by atoms with Crippen LogP contribution in [0.3, 0.4) is 0 Å². The fourth-order valence-electron chi connectivity index (χ4n) is 2.06. The number of carbonyl (C=O) groups is 1. The molecule has 0 aromatic heterocycles. The van der Waals surface area contributed by atoms with E-state index in [1.807, 2.05) is 35.6 Å². The van der Waals surface area contributed by atoms with Gasteiger partial charge in [-0.15, -0.1) is 0 Å². The minimum Gasteiger partial charge on any atom is -0.341 e. The molecule has 21 heavy (non-hydrogen) atoms. The topological polar surface area (TPSA) is 29.1 Å². The lowest BCUT2D eigenvalue weighted by molar-refractivity contribution is -0.162. The fraction of sp³-hybridized carbons (Fsp3) is 0.188. The van der Waals surface area contributed by atoms with Crippen molar-refractivity contribution in [2.45, 2.75) is 19.1 Å². The van der Waals surface area contributed by atoms with Crippen LogP contribution < -0.4 is 5.32 Å². The molecule has 110 valence electrons. The van der Waals surface area contributed by atoms with Crippen molar-refractivity contribution < 1.29 is 18.0 Å². The first-order chi connectivity index (χ1) is 9.88. The Morgan fingerprint density at radius 1 is 0.952 bits per heavy atom. The van der Waals surface area contributed by atoms with Crippen LogP contribution in [-0.2, 0) is 4.79 Å². The van der Waals surface area contributed by atoms with E-state index in [2.05, 4.69) is 0 Å². The molecular weight excluding hydrogens is 279 g/mol. The highest BCUT2D eigenvalue weighted by Crippen LogP contribution is 2.33. The summed E-state index contributed by atoms with van der Waals surface area (Å²) >= 11 is 0. The molecule has 0 spiro atoms. The summed E-state index contributed by atoms with van der Waals surface area (Å²) in [6.45, 7) is 1.07. The molecule has 2 aromatic rings. The monoisotopic (exact) mass is 293 g/mol. The molecule has 0 aliphatic carbocycles. The zero-order valence-corrected chi connectivity index (χ0v) is 11.3. The maximum atomic E-state index is 13.0. The number of benzene rings is 2. The van der Waals surface area contributed by atoms with Crippen molar-refractivity contribution in [1.29, 1.82) is 0 Å². The van der Waals surface area contributed by atoms with Crippen molar-refractivity contribution in [2.24, 2.45) is 0 Å². The van der Waals surface area contributed by atoms with Crippen LogP contribution in [0.25, 0.3) is 11.1 Å². The van der Waals surface area contributed by atoms with E-state index in [0.717, 1.165) is 18.1 Å². The van der Waals surface area contributed by atoms with Gasteiger partial charge in [0, 0.05) is 6.92 Å². The minimum absolute atomic E-state index is 0.0115. The Morgan fingerprint density at radius 2 is 1.48 bits per heavy atom. The third-order valence-corrected chi connectivity index (χ3v) is 3.03. The predicted molar refractivity (Wildman–Crippen MR) is 74.5 cm³/mol. The number of nitrogens with one attached hydrogen (secondary N) is 1. The lowest BCUT2D eigenvalue weighted by atomic mass is 10.0. The van der Waals surface area contributed by atoms with Gasteiger partial charge in [0.1, 0.15) is 0 Å². The number of amides is 1. The molecule has 0 bridgehead atoms. The van der Waals surface area contributed by atoms with Crippen LogP contribution in [0.15, 0.2) is 54.6 Å². The predicted octanol–water partition coefficient (Wildman–Crippen LogP) is 4.09. The van der Waals surface area contributed by atoms with Crippen molar-refractivity contribution in [2.75, 3.05) is 0 Å². The lowest BCUT2D eigenvalue weighted by Crippen LogP contribution is -2.36. The Hall–Kier alpha value is -2.30. The van der Waals surface area contributed by atoms with E-state index in [-0.39, 0.29) is 5.56 Å². The first-order valence-electron chi connectivity index (χ1n) is 6.37. The Bertz CT molecular complexity index is 606. The minimum atomic E-state index is -4.53. The average molecular weight is 293 g/mol. The van der Waals surface area contributed by atoms with Gasteiger partial charge in [0.15, 0.2) is 6.04 Å². The van der Waals surface area contributed by atoms with Crippen molar-refractivity contribution >= 4 is 5.91 Å². The third kappa shape index (κ3) is 3.84. The molecule has 1 unspecified atom stereocenters. The molecule has 1 N–H and O–H groups in total. The van der Waals surface area contributed by atoms with Gasteiger partial charge in [0.25, 0.3) is 0 Å². The Labute approximate surface area is 120 Å². The zero-order chi connectivity index (χ0) is 15.5. The van der Waals surface area contributed by atoms with Gasteiger partial charge in [-0.2, -0.15) is 13.2 Å². The van der Waals surface area contributed by atoms with Crippen molar-refractivity contribution in [3.8, 4) is 11.1 Å². The van der Waals surface area contributed by atoms with Gasteiger partial charge in [-0.1, -0.05) is 54.6 Å². The van der Waals surface area contributed by atoms with Gasteiger partial charge >= 0.3 is 6.18 Å². The largest absolute Gasteiger partial charge is 0.412 e. The van der Waals surface area contributed by atoms with Gasteiger partial charge < -0.3 is 5.32 Å². The molecule has 2 rings (SSSR count). The maximum absolute atomic E-state index is 13.0. The Balaban J connectivity index is 2.30. The summed E-state index contributed by atoms with van der Waals surface area (Å²) in [6, 6.07) is 13.4. The summed E-state index contributed by atoms with van der Waals surface area (Å²) in [5.74, 6) is -0.718. The molecule has 0 saturated carbocycles. The second kappa shape index (κ2) is 5.99. The highest BCUT2D eigenvalue weighted by atomic mass is 19.4. The van der Waals surface area contributed by atoms with E-state index in [9.17, 15) is 18.0 Å². The van der Waals surface area contributed by atoms with Crippen LogP contribution in [0.2, 0.25) is 0 Å². The van der Waals surface area contributed by atoms with Gasteiger partial charge in [0.2, 0.25) is 5.91 Å². The molecule has 2 nitrogen and oxygen atoms in total. The number of rotatable bonds is 3. The van der Waals surface area contributed by atoms with Crippen LogP contribution in [-0.4, -0.2) is 12.1 Å². The smallest absolute Gasteiger partial charge is 0.341 e. The zero-order valence-electron chi connectivity index (χ0n) is 11.3. The molecule has 5 heteroatoms. The van der Waals surface area contributed by atoms with Gasteiger partial charge in [-0.25, -0.2) is 0 Å². The first-order valence-corrected chi connectivity index (χ1v) is 6.37. The number of carbonyl (C=O) groups excluding carboxylic acids is 1. The summed E-state index contributed by atoms with van der Waals surface area (Å²) in [6.07, 6.45) is -4.53. The van der Waals surface area contributed by atoms with E-state index >= 15 is 0 Å². The highest BCUT2D eigenvalue weighted by Gasteiger charge is 2.41. The maximum Gasteiger partial charge on any atom is 0.412 e. The van der Waals surface area contributed by atoms with E-state index < -0.39 is 18.1 Å². The number of hydrogen-bond donors (Lipinski definition) is 1. The van der Waals surface area contributed by atoms with Gasteiger partial charge in [-0.05, 0) is 16.7 Å². The molecule has 0 aliphatic rings. The molecule has 0 saturated heterocycles. The summed E-state index contributed by atoms with van der Waals surface area (Å²) in [5, 5.41) is 1.93. The standard InChI is InChI=1S/C16H14F3NO/c1-11(21)20-15(16(17,18)19)14-9-7-13(8-10-14)12-5-3-2-4-6-12/h2-10,15H,1H3,(H,20,21). The van der Waals surface area contributed by atoms with E-state index in [4.69, 9.17) is 0 Å². The van der Waals surface area contributed by atoms with Crippen LogP contribution in [0, 0.1) is 0 Å². The fourth-order valence-corrected chi connectivity index (χ4v) is 2.06. The normalized spacial score (nSPS) is 12.8. The van der Waals surface area contributed by atoms with Crippen LogP contribution in [0.4, 0.5) is 13.2 Å². The SMILES string of the molecule is CC(=O)NC(c1ccc(-c2ccccc2)cc1)C(F)(F)F. The van der Waals surface area contributed by atoms with Crippen molar-refractivity contribution in [1.82, 2.24) is 5.32 Å². The lowest BCUT2D eigenvalue weighted by Gasteiger charge is -2.21. The molecular formula is C16H14F3NO. The van der Waals surface area contributed by atoms with Crippen LogP contribution in [0.1, 0.15) is 18.5 Å². The summed E-state index contributed by atoms with van der Waals surface area (Å²) < 4.78 is 38.9. The number of hydrogen-bond acceptors (Lipinski definition) is 1. The average Bonchev–Trinajstić information content (AvgIpc) is 2.45. The summed E-state index contributed by atoms with van der Waals surface area (Å²) in [4.78, 5) is 11.0. The van der Waals surface area contributed by atoms with E-state index in [1.54, 1.807) is 12.1 Å². The number of alkyl halides is 3. The molecule has 0 radical (unpaired) electrons. The van der Waals surface area contributed by atoms with Crippen LogP contribution in [0.5, 0.6) is 0 Å². The second-order valence-corrected chi connectivity index (χ2v) is 4.66. The third-order valence-electron chi connectivity index (χ3n) is 3.03. The number of halogens is 3.